The molecule has 0 spiro atoms. The first-order valence-electron chi connectivity index (χ1n) is 12.4. The van der Waals surface area contributed by atoms with Crippen LogP contribution in [-0.2, 0) is 14.9 Å². The van der Waals surface area contributed by atoms with Crippen molar-refractivity contribution in [2.45, 2.75) is 77.2 Å². The Morgan fingerprint density at radius 1 is 1.06 bits per heavy atom. The van der Waals surface area contributed by atoms with Gasteiger partial charge in [-0.25, -0.2) is 0 Å². The van der Waals surface area contributed by atoms with E-state index < -0.39 is 5.60 Å². The number of hydrogen-bond acceptors (Lipinski definition) is 4. The lowest BCUT2D eigenvalue weighted by atomic mass is 9.70. The van der Waals surface area contributed by atoms with Crippen molar-refractivity contribution in [3.05, 3.63) is 82.1 Å². The lowest BCUT2D eigenvalue weighted by Crippen LogP contribution is -2.33. The predicted molar refractivity (Wildman–Crippen MR) is 136 cm³/mol. The Morgan fingerprint density at radius 3 is 2.26 bits per heavy atom. The van der Waals surface area contributed by atoms with E-state index in [-0.39, 0.29) is 18.0 Å². The van der Waals surface area contributed by atoms with Gasteiger partial charge in [0.15, 0.2) is 0 Å². The van der Waals surface area contributed by atoms with Crippen molar-refractivity contribution in [1.29, 1.82) is 0 Å². The van der Waals surface area contributed by atoms with Crippen molar-refractivity contribution in [3.63, 3.8) is 0 Å². The molecule has 0 unspecified atom stereocenters. The van der Waals surface area contributed by atoms with E-state index in [1.807, 2.05) is 12.1 Å². The molecule has 0 saturated heterocycles. The fourth-order valence-electron chi connectivity index (χ4n) is 5.12. The number of benzene rings is 2. The van der Waals surface area contributed by atoms with Crippen LogP contribution in [-0.4, -0.2) is 23.3 Å². The summed E-state index contributed by atoms with van der Waals surface area (Å²) < 4.78 is 11.1. The molecule has 4 rings (SSSR count). The Morgan fingerprint density at radius 2 is 1.74 bits per heavy atom. The van der Waals surface area contributed by atoms with Gasteiger partial charge in [0, 0.05) is 5.41 Å². The normalized spacial score (nSPS) is 17.4. The zero-order chi connectivity index (χ0) is 24.3. The molecular formula is C30H36O4. The summed E-state index contributed by atoms with van der Waals surface area (Å²) >= 11 is 0. The van der Waals surface area contributed by atoms with Crippen LogP contribution >= 0.6 is 0 Å². The maximum absolute atomic E-state index is 11.3. The van der Waals surface area contributed by atoms with Gasteiger partial charge in [0.1, 0.15) is 18.1 Å². The molecule has 1 N–H and O–H groups in total. The number of carbonyl (C=O) groups excluding carboxylic acids is 1. The highest BCUT2D eigenvalue weighted by Gasteiger charge is 2.32. The molecule has 34 heavy (non-hydrogen) atoms. The summed E-state index contributed by atoms with van der Waals surface area (Å²) in [6.07, 6.45) is 10.9. The summed E-state index contributed by atoms with van der Waals surface area (Å²) in [4.78, 5) is 11.3. The van der Waals surface area contributed by atoms with Gasteiger partial charge in [-0.15, -0.1) is 0 Å². The van der Waals surface area contributed by atoms with E-state index in [4.69, 9.17) is 9.47 Å². The van der Waals surface area contributed by atoms with E-state index >= 15 is 0 Å². The summed E-state index contributed by atoms with van der Waals surface area (Å²) in [6, 6.07) is 13.2. The van der Waals surface area contributed by atoms with Crippen LogP contribution in [0.1, 0.15) is 80.2 Å². The van der Waals surface area contributed by atoms with Gasteiger partial charge in [0.25, 0.3) is 0 Å². The molecule has 4 heteroatoms. The number of aliphatic hydroxyl groups is 1. The van der Waals surface area contributed by atoms with E-state index in [1.54, 1.807) is 6.08 Å². The van der Waals surface area contributed by atoms with E-state index in [2.05, 4.69) is 64.1 Å². The summed E-state index contributed by atoms with van der Waals surface area (Å²) in [5.74, 6) is 1.16. The van der Waals surface area contributed by atoms with Crippen molar-refractivity contribution < 1.29 is 19.4 Å². The third kappa shape index (κ3) is 4.83. The smallest absolute Gasteiger partial charge is 0.314 e. The van der Waals surface area contributed by atoms with E-state index in [0.29, 0.717) is 12.2 Å². The van der Waals surface area contributed by atoms with Crippen molar-refractivity contribution in [2.75, 3.05) is 6.61 Å². The van der Waals surface area contributed by atoms with E-state index in [9.17, 15) is 9.90 Å². The van der Waals surface area contributed by atoms with Crippen LogP contribution < -0.4 is 4.74 Å². The van der Waals surface area contributed by atoms with Gasteiger partial charge in [-0.1, -0.05) is 56.3 Å². The van der Waals surface area contributed by atoms with Gasteiger partial charge in [0.05, 0.1) is 12.0 Å². The van der Waals surface area contributed by atoms with Gasteiger partial charge >= 0.3 is 5.97 Å². The maximum atomic E-state index is 11.3. The zero-order valence-corrected chi connectivity index (χ0v) is 20.8. The standard InChI is InChI=1S/C30H36O4/c1-5-30(6-2,24-9-8-23(21(3)18-24)14-17-29(32)15-7-16-29)25-10-12-27(22(4)19-25)33-20-26-11-13-28(31)34-26/h8-12,14,17-19,32H,5-7,13,15-16,20H2,1-4H3. The average molecular weight is 461 g/mol. The molecule has 1 saturated carbocycles. The SMILES string of the molecule is CCC(CC)(c1ccc(C=CC2(O)CCC2)c(C)c1)c1ccc(OCC2=CCC(=O)O2)c(C)c1. The van der Waals surface area contributed by atoms with Crippen LogP contribution in [0.5, 0.6) is 5.75 Å². The zero-order valence-electron chi connectivity index (χ0n) is 20.8. The molecule has 0 bridgehead atoms. The van der Waals surface area contributed by atoms with Gasteiger partial charge < -0.3 is 14.6 Å². The number of cyclic esters (lactones) is 1. The first kappa shape index (κ1) is 24.3. The van der Waals surface area contributed by atoms with Gasteiger partial charge in [-0.3, -0.25) is 4.79 Å². The molecule has 1 fully saturated rings. The molecule has 0 aromatic heterocycles. The third-order valence-corrected chi connectivity index (χ3v) is 7.66. The van der Waals surface area contributed by atoms with Crippen LogP contribution in [0, 0.1) is 13.8 Å². The third-order valence-electron chi connectivity index (χ3n) is 7.66. The van der Waals surface area contributed by atoms with E-state index in [0.717, 1.165) is 49.0 Å². The monoisotopic (exact) mass is 460 g/mol. The Balaban J connectivity index is 1.57. The number of hydrogen-bond donors (Lipinski definition) is 1. The number of ether oxygens (including phenoxy) is 2. The minimum atomic E-state index is -0.612. The molecule has 1 aliphatic carbocycles. The van der Waals surface area contributed by atoms with Crippen LogP contribution in [0.25, 0.3) is 6.08 Å². The summed E-state index contributed by atoms with van der Waals surface area (Å²) in [5.41, 5.74) is 5.33. The highest BCUT2D eigenvalue weighted by Crippen LogP contribution is 2.41. The number of esters is 1. The Labute approximate surface area is 203 Å². The molecule has 4 nitrogen and oxygen atoms in total. The highest BCUT2D eigenvalue weighted by molar-refractivity contribution is 5.75. The van der Waals surface area contributed by atoms with Gasteiger partial charge in [-0.2, -0.15) is 0 Å². The van der Waals surface area contributed by atoms with Crippen molar-refractivity contribution in [1.82, 2.24) is 0 Å². The lowest BCUT2D eigenvalue weighted by molar-refractivity contribution is -0.136. The van der Waals surface area contributed by atoms with Crippen molar-refractivity contribution in [2.24, 2.45) is 0 Å². The van der Waals surface area contributed by atoms with E-state index in [1.165, 1.54) is 16.7 Å². The summed E-state index contributed by atoms with van der Waals surface area (Å²) in [5, 5.41) is 10.4. The van der Waals surface area contributed by atoms with Gasteiger partial charge in [0.2, 0.25) is 0 Å². The Hall–Kier alpha value is -2.85. The average Bonchev–Trinajstić information content (AvgIpc) is 3.23. The summed E-state index contributed by atoms with van der Waals surface area (Å²) in [7, 11) is 0. The second kappa shape index (κ2) is 9.79. The lowest BCUT2D eigenvalue weighted by Gasteiger charge is -2.34. The molecule has 2 aliphatic rings. The maximum Gasteiger partial charge on any atom is 0.314 e. The molecule has 2 aromatic carbocycles. The number of carbonyl (C=O) groups is 1. The molecule has 2 aromatic rings. The largest absolute Gasteiger partial charge is 0.485 e. The Bertz CT molecular complexity index is 1120. The predicted octanol–water partition coefficient (Wildman–Crippen LogP) is 6.55. The first-order valence-corrected chi connectivity index (χ1v) is 12.4. The molecule has 180 valence electrons. The van der Waals surface area contributed by atoms with Crippen LogP contribution in [0.3, 0.4) is 0 Å². The molecule has 0 amide bonds. The summed E-state index contributed by atoms with van der Waals surface area (Å²) in [6.45, 7) is 8.98. The molecular weight excluding hydrogens is 424 g/mol. The number of rotatable bonds is 9. The Kier molecular flexibility index (Phi) is 6.99. The van der Waals surface area contributed by atoms with Crippen molar-refractivity contribution in [3.8, 4) is 5.75 Å². The highest BCUT2D eigenvalue weighted by atomic mass is 16.6. The molecule has 0 radical (unpaired) electrons. The minimum Gasteiger partial charge on any atom is -0.485 e. The van der Waals surface area contributed by atoms with Crippen LogP contribution in [0.15, 0.2) is 54.3 Å². The second-order valence-electron chi connectivity index (χ2n) is 9.77. The fourth-order valence-corrected chi connectivity index (χ4v) is 5.12. The molecule has 1 aliphatic heterocycles. The topological polar surface area (TPSA) is 55.8 Å². The number of aryl methyl sites for hydroxylation is 2. The molecule has 0 atom stereocenters. The minimum absolute atomic E-state index is 0.0913. The van der Waals surface area contributed by atoms with Crippen LogP contribution in [0.4, 0.5) is 0 Å². The van der Waals surface area contributed by atoms with Crippen LogP contribution in [0.2, 0.25) is 0 Å². The first-order chi connectivity index (χ1) is 16.3. The second-order valence-corrected chi connectivity index (χ2v) is 9.77. The van der Waals surface area contributed by atoms with Crippen molar-refractivity contribution >= 4 is 12.0 Å². The fraction of sp³-hybridized carbons (Fsp3) is 0.433. The molecule has 1 heterocycles. The van der Waals surface area contributed by atoms with Gasteiger partial charge in [-0.05, 0) is 85.9 Å². The quantitative estimate of drug-likeness (QED) is 0.431.